The van der Waals surface area contributed by atoms with Crippen LogP contribution in [-0.2, 0) is 20.8 Å². The van der Waals surface area contributed by atoms with E-state index in [0.29, 0.717) is 23.5 Å². The fourth-order valence-electron chi connectivity index (χ4n) is 3.65. The van der Waals surface area contributed by atoms with Gasteiger partial charge in [-0.25, -0.2) is 0 Å². The molecule has 0 unspecified atom stereocenters. The van der Waals surface area contributed by atoms with Crippen molar-refractivity contribution in [3.63, 3.8) is 0 Å². The summed E-state index contributed by atoms with van der Waals surface area (Å²) < 4.78 is 10.5. The molecule has 0 bridgehead atoms. The van der Waals surface area contributed by atoms with Gasteiger partial charge in [-0.3, -0.25) is 14.4 Å². The largest absolute Gasteiger partial charge is 0.493 e. The predicted molar refractivity (Wildman–Crippen MR) is 116 cm³/mol. The van der Waals surface area contributed by atoms with Crippen LogP contribution < -0.4 is 25.0 Å². The van der Waals surface area contributed by atoms with Crippen LogP contribution in [0.2, 0.25) is 0 Å². The number of nitrogens with zero attached hydrogens (tertiary/aromatic N) is 1. The fraction of sp³-hybridized carbons (Fsp3) is 0.348. The Morgan fingerprint density at radius 2 is 1.74 bits per heavy atom. The second-order valence-corrected chi connectivity index (χ2v) is 7.46. The lowest BCUT2D eigenvalue weighted by molar-refractivity contribution is -0.140. The molecule has 0 aromatic heterocycles. The quantitative estimate of drug-likeness (QED) is 0.661. The Balaban J connectivity index is 1.59. The lowest BCUT2D eigenvalue weighted by atomic mass is 10.1. The molecule has 0 fully saturated rings. The molecule has 0 aliphatic carbocycles. The number of methoxy groups -OCH3 is 2. The van der Waals surface area contributed by atoms with Gasteiger partial charge in [0.2, 0.25) is 0 Å². The molecule has 2 aromatic rings. The molecule has 2 N–H and O–H groups in total. The second kappa shape index (κ2) is 9.51. The summed E-state index contributed by atoms with van der Waals surface area (Å²) in [5.74, 6) is -0.661. The van der Waals surface area contributed by atoms with E-state index in [9.17, 15) is 14.4 Å². The molecular formula is C23H27N3O5. The first-order valence-corrected chi connectivity index (χ1v) is 10.1. The highest BCUT2D eigenvalue weighted by atomic mass is 16.5. The zero-order valence-electron chi connectivity index (χ0n) is 18.1. The number of benzene rings is 2. The predicted octanol–water partition coefficient (Wildman–Crippen LogP) is 1.98. The van der Waals surface area contributed by atoms with E-state index < -0.39 is 17.9 Å². The van der Waals surface area contributed by atoms with E-state index in [1.807, 2.05) is 38.1 Å². The summed E-state index contributed by atoms with van der Waals surface area (Å²) in [6.45, 7) is 4.06. The van der Waals surface area contributed by atoms with Crippen molar-refractivity contribution in [2.24, 2.45) is 0 Å². The number of carbonyl (C=O) groups excluding carboxylic acids is 3. The van der Waals surface area contributed by atoms with E-state index in [2.05, 4.69) is 10.6 Å². The van der Waals surface area contributed by atoms with E-state index in [4.69, 9.17) is 9.47 Å². The normalized spacial score (nSPS) is 14.9. The minimum Gasteiger partial charge on any atom is -0.493 e. The molecule has 2 aromatic carbocycles. The standard InChI is InChI=1S/C23H27N3O5/c1-14(2)26-17-8-6-5-7-16(17)20(23(26)29)25-22(28)21(27)24-12-11-15-9-10-18(30-3)19(13-15)31-4/h5-10,13-14,20H,11-12H2,1-4H3,(H,24,27)(H,25,28)/t20-/m1/s1. The van der Waals surface area contributed by atoms with Crippen LogP contribution in [0.5, 0.6) is 11.5 Å². The molecule has 3 amide bonds. The molecule has 3 rings (SSSR count). The van der Waals surface area contributed by atoms with Crippen LogP contribution in [0, 0.1) is 0 Å². The van der Waals surface area contributed by atoms with E-state index in [1.165, 1.54) is 0 Å². The Morgan fingerprint density at radius 3 is 2.42 bits per heavy atom. The van der Waals surface area contributed by atoms with Crippen LogP contribution >= 0.6 is 0 Å². The molecule has 1 heterocycles. The van der Waals surface area contributed by atoms with Crippen molar-refractivity contribution in [3.8, 4) is 11.5 Å². The SMILES string of the molecule is COc1ccc(CCNC(=O)C(=O)N[C@H]2C(=O)N(C(C)C)c3ccccc32)cc1OC. The molecule has 164 valence electrons. The number of para-hydroxylation sites is 1. The van der Waals surface area contributed by atoms with Crippen LogP contribution in [0.1, 0.15) is 31.0 Å². The minimum atomic E-state index is -0.873. The van der Waals surface area contributed by atoms with Crippen molar-refractivity contribution in [1.29, 1.82) is 0 Å². The van der Waals surface area contributed by atoms with Gasteiger partial charge in [-0.2, -0.15) is 0 Å². The first-order valence-electron chi connectivity index (χ1n) is 10.1. The number of hydrogen-bond donors (Lipinski definition) is 2. The Kier molecular flexibility index (Phi) is 6.79. The van der Waals surface area contributed by atoms with Crippen molar-refractivity contribution >= 4 is 23.4 Å². The highest BCUT2D eigenvalue weighted by molar-refractivity contribution is 6.35. The van der Waals surface area contributed by atoms with Crippen LogP contribution in [0.4, 0.5) is 5.69 Å². The van der Waals surface area contributed by atoms with Crippen molar-refractivity contribution in [2.45, 2.75) is 32.4 Å². The average molecular weight is 425 g/mol. The number of hydrogen-bond acceptors (Lipinski definition) is 5. The van der Waals surface area contributed by atoms with Gasteiger partial charge >= 0.3 is 11.8 Å². The maximum absolute atomic E-state index is 12.8. The molecular weight excluding hydrogens is 398 g/mol. The number of anilines is 1. The molecule has 1 atom stereocenters. The summed E-state index contributed by atoms with van der Waals surface area (Å²) in [5.41, 5.74) is 2.36. The Morgan fingerprint density at radius 1 is 1.03 bits per heavy atom. The molecule has 0 spiro atoms. The van der Waals surface area contributed by atoms with Gasteiger partial charge < -0.3 is 25.0 Å². The van der Waals surface area contributed by atoms with Crippen LogP contribution in [-0.4, -0.2) is 44.5 Å². The summed E-state index contributed by atoms with van der Waals surface area (Å²) in [6.07, 6.45) is 0.506. The topological polar surface area (TPSA) is 97.0 Å². The molecule has 1 aliphatic rings. The first kappa shape index (κ1) is 22.1. The maximum Gasteiger partial charge on any atom is 0.310 e. The highest BCUT2D eigenvalue weighted by Crippen LogP contribution is 2.36. The van der Waals surface area contributed by atoms with Crippen molar-refractivity contribution in [1.82, 2.24) is 10.6 Å². The molecule has 8 heteroatoms. The first-order chi connectivity index (χ1) is 14.9. The van der Waals surface area contributed by atoms with Gasteiger partial charge in [0.25, 0.3) is 5.91 Å². The molecule has 31 heavy (non-hydrogen) atoms. The van der Waals surface area contributed by atoms with Gasteiger partial charge in [-0.1, -0.05) is 24.3 Å². The summed E-state index contributed by atoms with van der Waals surface area (Å²) in [6, 6.07) is 11.8. The van der Waals surface area contributed by atoms with Gasteiger partial charge in [0.05, 0.1) is 14.2 Å². The lowest BCUT2D eigenvalue weighted by Gasteiger charge is -2.22. The molecule has 8 nitrogen and oxygen atoms in total. The van der Waals surface area contributed by atoms with Gasteiger partial charge in [0.1, 0.15) is 6.04 Å². The minimum absolute atomic E-state index is 0.0640. The number of rotatable bonds is 7. The van der Waals surface area contributed by atoms with E-state index in [0.717, 1.165) is 11.3 Å². The monoisotopic (exact) mass is 425 g/mol. The summed E-state index contributed by atoms with van der Waals surface area (Å²) >= 11 is 0. The van der Waals surface area contributed by atoms with Gasteiger partial charge in [-0.15, -0.1) is 0 Å². The average Bonchev–Trinajstić information content (AvgIpc) is 3.04. The third kappa shape index (κ3) is 4.63. The van der Waals surface area contributed by atoms with Crippen LogP contribution in [0.3, 0.4) is 0 Å². The second-order valence-electron chi connectivity index (χ2n) is 7.46. The summed E-state index contributed by atoms with van der Waals surface area (Å²) in [5, 5.41) is 5.17. The number of fused-ring (bicyclic) bond motifs is 1. The number of carbonyl (C=O) groups is 3. The third-order valence-corrected chi connectivity index (χ3v) is 5.14. The summed E-state index contributed by atoms with van der Waals surface area (Å²) in [4.78, 5) is 39.2. The van der Waals surface area contributed by atoms with E-state index in [1.54, 1.807) is 37.3 Å². The highest BCUT2D eigenvalue weighted by Gasteiger charge is 2.39. The number of nitrogens with one attached hydrogen (secondary N) is 2. The zero-order valence-corrected chi connectivity index (χ0v) is 18.1. The van der Waals surface area contributed by atoms with Crippen molar-refractivity contribution in [2.75, 3.05) is 25.7 Å². The fourth-order valence-corrected chi connectivity index (χ4v) is 3.65. The van der Waals surface area contributed by atoms with Crippen LogP contribution in [0.15, 0.2) is 42.5 Å². The van der Waals surface area contributed by atoms with E-state index in [-0.39, 0.29) is 18.5 Å². The Hall–Kier alpha value is -3.55. The summed E-state index contributed by atoms with van der Waals surface area (Å²) in [7, 11) is 3.11. The molecule has 0 radical (unpaired) electrons. The Labute approximate surface area is 181 Å². The van der Waals surface area contributed by atoms with Crippen LogP contribution in [0.25, 0.3) is 0 Å². The Bertz CT molecular complexity index is 989. The van der Waals surface area contributed by atoms with Crippen molar-refractivity contribution < 1.29 is 23.9 Å². The third-order valence-electron chi connectivity index (χ3n) is 5.14. The van der Waals surface area contributed by atoms with Crippen molar-refractivity contribution in [3.05, 3.63) is 53.6 Å². The smallest absolute Gasteiger partial charge is 0.310 e. The van der Waals surface area contributed by atoms with Gasteiger partial charge in [0, 0.05) is 23.8 Å². The zero-order chi connectivity index (χ0) is 22.5. The lowest BCUT2D eigenvalue weighted by Crippen LogP contribution is -2.45. The molecule has 0 saturated carbocycles. The van der Waals surface area contributed by atoms with Gasteiger partial charge in [-0.05, 0) is 44.0 Å². The molecule has 0 saturated heterocycles. The maximum atomic E-state index is 12.8. The van der Waals surface area contributed by atoms with Gasteiger partial charge in [0.15, 0.2) is 11.5 Å². The number of amides is 3. The van der Waals surface area contributed by atoms with E-state index >= 15 is 0 Å². The number of ether oxygens (including phenoxy) is 2. The molecule has 1 aliphatic heterocycles.